The van der Waals surface area contributed by atoms with Gasteiger partial charge < -0.3 is 10.0 Å². The van der Waals surface area contributed by atoms with Gasteiger partial charge in [-0.05, 0) is 36.5 Å². The molecule has 0 aliphatic carbocycles. The molecule has 0 aromatic carbocycles. The highest BCUT2D eigenvalue weighted by Gasteiger charge is 2.10. The van der Waals surface area contributed by atoms with Crippen LogP contribution in [0.3, 0.4) is 0 Å². The van der Waals surface area contributed by atoms with Crippen LogP contribution in [0.2, 0.25) is 0 Å². The molecule has 17 heavy (non-hydrogen) atoms. The highest BCUT2D eigenvalue weighted by molar-refractivity contribution is 5.68. The zero-order valence-electron chi connectivity index (χ0n) is 10.3. The smallest absolute Gasteiger partial charge is 0.311 e. The quantitative estimate of drug-likeness (QED) is 0.691. The average molecular weight is 241 g/mol. The minimum absolute atomic E-state index is 0.127. The van der Waals surface area contributed by atoms with Crippen LogP contribution in [0, 0.1) is 0 Å². The molecule has 96 valence electrons. The summed E-state index contributed by atoms with van der Waals surface area (Å²) in [7, 11) is 0. The van der Waals surface area contributed by atoms with Gasteiger partial charge in [0.2, 0.25) is 0 Å². The van der Waals surface area contributed by atoms with Crippen molar-refractivity contribution in [1.82, 2.24) is 25.1 Å². The summed E-state index contributed by atoms with van der Waals surface area (Å²) in [6.07, 6.45) is 0.789. The molecule has 1 N–H and O–H groups in total. The van der Waals surface area contributed by atoms with Crippen LogP contribution in [-0.4, -0.2) is 55.8 Å². The predicted molar refractivity (Wildman–Crippen MR) is 61.6 cm³/mol. The summed E-state index contributed by atoms with van der Waals surface area (Å²) in [5, 5.41) is 19.7. The molecular weight excluding hydrogens is 222 g/mol. The summed E-state index contributed by atoms with van der Waals surface area (Å²) in [4.78, 5) is 12.9. The molecule has 1 rings (SSSR count). The second-order valence-corrected chi connectivity index (χ2v) is 3.77. The van der Waals surface area contributed by atoms with E-state index in [1.54, 1.807) is 4.68 Å². The van der Waals surface area contributed by atoms with E-state index < -0.39 is 5.97 Å². The number of carbonyl (C=O) groups is 1. The van der Waals surface area contributed by atoms with Crippen LogP contribution in [0.25, 0.3) is 0 Å². The van der Waals surface area contributed by atoms with Gasteiger partial charge in [0.1, 0.15) is 6.42 Å². The fourth-order valence-electron chi connectivity index (χ4n) is 1.64. The Balaban J connectivity index is 2.41. The maximum Gasteiger partial charge on any atom is 0.311 e. The lowest BCUT2D eigenvalue weighted by Crippen LogP contribution is -2.25. The molecule has 7 nitrogen and oxygen atoms in total. The fourth-order valence-corrected chi connectivity index (χ4v) is 1.64. The molecule has 7 heteroatoms. The number of carboxylic acids is 1. The number of nitrogens with zero attached hydrogens (tertiary/aromatic N) is 5. The average Bonchev–Trinajstić information content (AvgIpc) is 2.71. The van der Waals surface area contributed by atoms with E-state index in [4.69, 9.17) is 5.11 Å². The van der Waals surface area contributed by atoms with Crippen molar-refractivity contribution in [2.45, 2.75) is 33.2 Å². The van der Waals surface area contributed by atoms with Crippen LogP contribution in [0.4, 0.5) is 0 Å². The van der Waals surface area contributed by atoms with Gasteiger partial charge in [-0.3, -0.25) is 4.79 Å². The Kier molecular flexibility index (Phi) is 5.55. The van der Waals surface area contributed by atoms with Crippen molar-refractivity contribution in [1.29, 1.82) is 0 Å². The topological polar surface area (TPSA) is 84.1 Å². The van der Waals surface area contributed by atoms with Crippen molar-refractivity contribution in [3.05, 3.63) is 5.82 Å². The maximum atomic E-state index is 10.6. The van der Waals surface area contributed by atoms with E-state index in [0.717, 1.165) is 26.1 Å². The lowest BCUT2D eigenvalue weighted by Gasteiger charge is -2.17. The number of hydrogen-bond acceptors (Lipinski definition) is 5. The molecule has 0 spiro atoms. The third kappa shape index (κ3) is 4.48. The van der Waals surface area contributed by atoms with Gasteiger partial charge in [0.05, 0.1) is 0 Å². The van der Waals surface area contributed by atoms with E-state index in [2.05, 4.69) is 34.3 Å². The summed E-state index contributed by atoms with van der Waals surface area (Å²) in [6.45, 7) is 7.92. The normalized spacial score (nSPS) is 11.0. The molecule has 0 saturated heterocycles. The first-order valence-corrected chi connectivity index (χ1v) is 5.86. The number of aryl methyl sites for hydroxylation is 1. The molecule has 0 aliphatic heterocycles. The van der Waals surface area contributed by atoms with Crippen LogP contribution in [-0.2, 0) is 17.8 Å². The molecule has 0 saturated carbocycles. The zero-order valence-corrected chi connectivity index (χ0v) is 10.3. The first-order valence-electron chi connectivity index (χ1n) is 5.86. The Morgan fingerprint density at radius 3 is 2.71 bits per heavy atom. The third-order valence-electron chi connectivity index (χ3n) is 2.65. The number of tetrazole rings is 1. The first kappa shape index (κ1) is 13.6. The van der Waals surface area contributed by atoms with Crippen molar-refractivity contribution < 1.29 is 9.90 Å². The van der Waals surface area contributed by atoms with Crippen LogP contribution in [0.5, 0.6) is 0 Å². The van der Waals surface area contributed by atoms with Crippen molar-refractivity contribution >= 4 is 5.97 Å². The largest absolute Gasteiger partial charge is 0.481 e. The van der Waals surface area contributed by atoms with E-state index in [0.29, 0.717) is 12.4 Å². The Morgan fingerprint density at radius 1 is 1.41 bits per heavy atom. The Bertz CT molecular complexity index is 348. The molecule has 0 aliphatic rings. The van der Waals surface area contributed by atoms with Gasteiger partial charge in [-0.1, -0.05) is 13.8 Å². The lowest BCUT2D eigenvalue weighted by molar-refractivity contribution is -0.136. The van der Waals surface area contributed by atoms with Crippen LogP contribution in [0.15, 0.2) is 0 Å². The molecule has 1 aromatic heterocycles. The second kappa shape index (κ2) is 6.95. The van der Waals surface area contributed by atoms with E-state index in [9.17, 15) is 4.79 Å². The van der Waals surface area contributed by atoms with Gasteiger partial charge in [0, 0.05) is 6.54 Å². The Hall–Kier alpha value is -1.50. The summed E-state index contributed by atoms with van der Waals surface area (Å²) in [6, 6.07) is 0. The number of hydrogen-bond donors (Lipinski definition) is 1. The first-order chi connectivity index (χ1) is 8.17. The van der Waals surface area contributed by atoms with E-state index in [1.165, 1.54) is 0 Å². The molecule has 1 aromatic rings. The minimum atomic E-state index is -0.912. The molecular formula is C10H19N5O2. The van der Waals surface area contributed by atoms with Crippen molar-refractivity contribution in [2.24, 2.45) is 0 Å². The summed E-state index contributed by atoms with van der Waals surface area (Å²) in [5.74, 6) is -0.498. The van der Waals surface area contributed by atoms with Gasteiger partial charge in [-0.25, -0.2) is 4.68 Å². The van der Waals surface area contributed by atoms with E-state index in [-0.39, 0.29) is 6.42 Å². The second-order valence-electron chi connectivity index (χ2n) is 3.77. The SMILES string of the molecule is CCN(CC)CCCn1nnnc1CC(=O)O. The maximum absolute atomic E-state index is 10.6. The van der Waals surface area contributed by atoms with Crippen molar-refractivity contribution in [3.63, 3.8) is 0 Å². The van der Waals surface area contributed by atoms with Gasteiger partial charge in [-0.15, -0.1) is 5.10 Å². The van der Waals surface area contributed by atoms with E-state index >= 15 is 0 Å². The standard InChI is InChI=1S/C10H19N5O2/c1-3-14(4-2)6-5-7-15-9(8-10(16)17)11-12-13-15/h3-8H2,1-2H3,(H,16,17). The molecule has 0 atom stereocenters. The highest BCUT2D eigenvalue weighted by atomic mass is 16.4. The molecule has 0 radical (unpaired) electrons. The number of rotatable bonds is 8. The zero-order chi connectivity index (χ0) is 12.7. The molecule has 1 heterocycles. The lowest BCUT2D eigenvalue weighted by atomic mass is 10.3. The van der Waals surface area contributed by atoms with Crippen LogP contribution in [0.1, 0.15) is 26.1 Å². The van der Waals surface area contributed by atoms with Crippen molar-refractivity contribution in [2.75, 3.05) is 19.6 Å². The van der Waals surface area contributed by atoms with Crippen LogP contribution >= 0.6 is 0 Å². The number of carboxylic acid groups (broad SMARTS) is 1. The number of aromatic nitrogens is 4. The molecule has 0 fully saturated rings. The minimum Gasteiger partial charge on any atom is -0.481 e. The number of aliphatic carboxylic acids is 1. The summed E-state index contributed by atoms with van der Waals surface area (Å²) >= 11 is 0. The molecule has 0 amide bonds. The van der Waals surface area contributed by atoms with Gasteiger partial charge >= 0.3 is 5.97 Å². The van der Waals surface area contributed by atoms with Gasteiger partial charge in [0.15, 0.2) is 5.82 Å². The monoisotopic (exact) mass is 241 g/mol. The highest BCUT2D eigenvalue weighted by Crippen LogP contribution is 1.98. The van der Waals surface area contributed by atoms with E-state index in [1.807, 2.05) is 0 Å². The van der Waals surface area contributed by atoms with Gasteiger partial charge in [-0.2, -0.15) is 0 Å². The fraction of sp³-hybridized carbons (Fsp3) is 0.800. The summed E-state index contributed by atoms with van der Waals surface area (Å²) in [5.41, 5.74) is 0. The molecule has 0 unspecified atom stereocenters. The predicted octanol–water partition coefficient (Wildman–Crippen LogP) is 0.0321. The Morgan fingerprint density at radius 2 is 2.12 bits per heavy atom. The van der Waals surface area contributed by atoms with Crippen LogP contribution < -0.4 is 0 Å². The summed E-state index contributed by atoms with van der Waals surface area (Å²) < 4.78 is 1.57. The molecule has 0 bridgehead atoms. The van der Waals surface area contributed by atoms with Crippen molar-refractivity contribution in [3.8, 4) is 0 Å². The third-order valence-corrected chi connectivity index (χ3v) is 2.65. The van der Waals surface area contributed by atoms with Gasteiger partial charge in [0.25, 0.3) is 0 Å². The Labute approximate surface area is 100 Å².